The van der Waals surface area contributed by atoms with Gasteiger partial charge in [0.1, 0.15) is 5.75 Å². The SMILES string of the molecule is COc1ccc(N2C(=O)CCN2CCO)cc1. The Bertz CT molecular complexity index is 391. The predicted octanol–water partition coefficient (Wildman–Crippen LogP) is 0.641. The molecule has 0 saturated carbocycles. The van der Waals surface area contributed by atoms with Crippen LogP contribution in [-0.2, 0) is 4.79 Å². The minimum Gasteiger partial charge on any atom is -0.497 e. The molecule has 2 rings (SSSR count). The van der Waals surface area contributed by atoms with E-state index in [4.69, 9.17) is 9.84 Å². The number of β-amino-alcohol motifs (C(OH)–C–C–N with tert-alkyl or cyclic N) is 1. The summed E-state index contributed by atoms with van der Waals surface area (Å²) in [6.45, 7) is 1.17. The van der Waals surface area contributed by atoms with Gasteiger partial charge in [-0.15, -0.1) is 0 Å². The van der Waals surface area contributed by atoms with Crippen molar-refractivity contribution in [3.8, 4) is 5.75 Å². The lowest BCUT2D eigenvalue weighted by atomic mass is 10.3. The van der Waals surface area contributed by atoms with E-state index in [1.807, 2.05) is 29.3 Å². The fourth-order valence-electron chi connectivity index (χ4n) is 1.95. The number of hydrogen-bond acceptors (Lipinski definition) is 4. The first-order valence-electron chi connectivity index (χ1n) is 5.59. The number of benzene rings is 1. The van der Waals surface area contributed by atoms with E-state index in [-0.39, 0.29) is 12.5 Å². The smallest absolute Gasteiger partial charge is 0.242 e. The van der Waals surface area contributed by atoms with E-state index in [1.54, 1.807) is 12.1 Å². The molecule has 5 heteroatoms. The summed E-state index contributed by atoms with van der Waals surface area (Å²) in [5, 5.41) is 12.4. The first kappa shape index (κ1) is 11.9. The van der Waals surface area contributed by atoms with Gasteiger partial charge in [-0.05, 0) is 24.3 Å². The van der Waals surface area contributed by atoms with E-state index < -0.39 is 0 Å². The van der Waals surface area contributed by atoms with Crippen molar-refractivity contribution in [3.05, 3.63) is 24.3 Å². The average molecular weight is 236 g/mol. The number of amides is 1. The molecule has 1 amide bonds. The lowest BCUT2D eigenvalue weighted by molar-refractivity contribution is -0.118. The third-order valence-corrected chi connectivity index (χ3v) is 2.78. The fourth-order valence-corrected chi connectivity index (χ4v) is 1.95. The summed E-state index contributed by atoms with van der Waals surface area (Å²) >= 11 is 0. The molecule has 1 aromatic rings. The van der Waals surface area contributed by atoms with Crippen molar-refractivity contribution in [1.82, 2.24) is 5.01 Å². The van der Waals surface area contributed by atoms with E-state index in [2.05, 4.69) is 0 Å². The summed E-state index contributed by atoms with van der Waals surface area (Å²) in [4.78, 5) is 11.8. The normalized spacial score (nSPS) is 16.6. The molecule has 5 nitrogen and oxygen atoms in total. The minimum atomic E-state index is 0.0416. The van der Waals surface area contributed by atoms with Gasteiger partial charge >= 0.3 is 0 Å². The van der Waals surface area contributed by atoms with E-state index in [0.717, 1.165) is 11.4 Å². The molecule has 0 radical (unpaired) electrons. The zero-order valence-corrected chi connectivity index (χ0v) is 9.80. The van der Waals surface area contributed by atoms with Crippen LogP contribution >= 0.6 is 0 Å². The molecule has 1 fully saturated rings. The predicted molar refractivity (Wildman–Crippen MR) is 63.8 cm³/mol. The summed E-state index contributed by atoms with van der Waals surface area (Å²) in [6, 6.07) is 7.31. The van der Waals surface area contributed by atoms with Crippen molar-refractivity contribution in [2.45, 2.75) is 6.42 Å². The molecule has 1 aliphatic heterocycles. The maximum Gasteiger partial charge on any atom is 0.242 e. The molecule has 1 aliphatic rings. The number of hydrazine groups is 1. The summed E-state index contributed by atoms with van der Waals surface area (Å²) in [6.07, 6.45) is 0.492. The van der Waals surface area contributed by atoms with Crippen LogP contribution in [0, 0.1) is 0 Å². The molecule has 1 saturated heterocycles. The number of nitrogens with zero attached hydrogens (tertiary/aromatic N) is 2. The number of carbonyl (C=O) groups is 1. The van der Waals surface area contributed by atoms with Gasteiger partial charge in [-0.25, -0.2) is 10.0 Å². The van der Waals surface area contributed by atoms with Gasteiger partial charge in [0.05, 0.1) is 19.4 Å². The second-order valence-corrected chi connectivity index (χ2v) is 3.83. The standard InChI is InChI=1S/C12H16N2O3/c1-17-11-4-2-10(3-5-11)14-12(16)6-7-13(14)8-9-15/h2-5,15H,6-9H2,1H3. The number of rotatable bonds is 4. The Labute approximate surface area is 100 Å². The highest BCUT2D eigenvalue weighted by atomic mass is 16.5. The van der Waals surface area contributed by atoms with Gasteiger partial charge in [0, 0.05) is 19.5 Å². The average Bonchev–Trinajstić information content (AvgIpc) is 2.71. The highest BCUT2D eigenvalue weighted by molar-refractivity contribution is 5.94. The molecule has 0 aliphatic carbocycles. The molecular weight excluding hydrogens is 220 g/mol. The van der Waals surface area contributed by atoms with E-state index >= 15 is 0 Å². The fraction of sp³-hybridized carbons (Fsp3) is 0.417. The molecule has 0 unspecified atom stereocenters. The second-order valence-electron chi connectivity index (χ2n) is 3.83. The molecule has 0 aromatic heterocycles. The number of ether oxygens (including phenoxy) is 1. The maximum atomic E-state index is 11.8. The Morgan fingerprint density at radius 1 is 1.35 bits per heavy atom. The van der Waals surface area contributed by atoms with Gasteiger partial charge < -0.3 is 9.84 Å². The summed E-state index contributed by atoms with van der Waals surface area (Å²) in [5.41, 5.74) is 0.807. The number of aliphatic hydroxyl groups excluding tert-OH is 1. The summed E-state index contributed by atoms with van der Waals surface area (Å²) < 4.78 is 5.08. The number of methoxy groups -OCH3 is 1. The van der Waals surface area contributed by atoms with Crippen molar-refractivity contribution in [2.75, 3.05) is 31.8 Å². The van der Waals surface area contributed by atoms with Crippen LogP contribution in [0.1, 0.15) is 6.42 Å². The van der Waals surface area contributed by atoms with Crippen LogP contribution in [0.3, 0.4) is 0 Å². The Balaban J connectivity index is 2.20. The van der Waals surface area contributed by atoms with Crippen LogP contribution in [-0.4, -0.2) is 42.8 Å². The first-order chi connectivity index (χ1) is 8.26. The molecule has 0 bridgehead atoms. The number of aliphatic hydroxyl groups is 1. The van der Waals surface area contributed by atoms with E-state index in [9.17, 15) is 4.79 Å². The Kier molecular flexibility index (Phi) is 3.61. The highest BCUT2D eigenvalue weighted by Gasteiger charge is 2.29. The molecule has 1 aromatic carbocycles. The zero-order valence-electron chi connectivity index (χ0n) is 9.80. The van der Waals surface area contributed by atoms with Crippen molar-refractivity contribution in [3.63, 3.8) is 0 Å². The van der Waals surface area contributed by atoms with Crippen molar-refractivity contribution < 1.29 is 14.6 Å². The first-order valence-corrected chi connectivity index (χ1v) is 5.59. The van der Waals surface area contributed by atoms with Gasteiger partial charge in [-0.1, -0.05) is 0 Å². The maximum absolute atomic E-state index is 11.8. The van der Waals surface area contributed by atoms with E-state index in [0.29, 0.717) is 19.5 Å². The number of carbonyl (C=O) groups excluding carboxylic acids is 1. The van der Waals surface area contributed by atoms with Crippen LogP contribution < -0.4 is 9.75 Å². The largest absolute Gasteiger partial charge is 0.497 e. The molecule has 17 heavy (non-hydrogen) atoms. The van der Waals surface area contributed by atoms with Gasteiger partial charge in [0.25, 0.3) is 0 Å². The van der Waals surface area contributed by atoms with Crippen molar-refractivity contribution in [2.24, 2.45) is 0 Å². The van der Waals surface area contributed by atoms with Crippen molar-refractivity contribution in [1.29, 1.82) is 0 Å². The van der Waals surface area contributed by atoms with Crippen LogP contribution in [0.5, 0.6) is 5.75 Å². The van der Waals surface area contributed by atoms with Crippen LogP contribution in [0.15, 0.2) is 24.3 Å². The van der Waals surface area contributed by atoms with Crippen LogP contribution in [0.4, 0.5) is 5.69 Å². The number of anilines is 1. The van der Waals surface area contributed by atoms with Gasteiger partial charge in [0.2, 0.25) is 5.91 Å². The molecular formula is C12H16N2O3. The lowest BCUT2D eigenvalue weighted by Crippen LogP contribution is -2.40. The van der Waals surface area contributed by atoms with E-state index in [1.165, 1.54) is 0 Å². The Morgan fingerprint density at radius 3 is 2.65 bits per heavy atom. The second kappa shape index (κ2) is 5.16. The van der Waals surface area contributed by atoms with Crippen molar-refractivity contribution >= 4 is 11.6 Å². The quantitative estimate of drug-likeness (QED) is 0.833. The Hall–Kier alpha value is -1.59. The molecule has 0 atom stereocenters. The van der Waals surface area contributed by atoms with Gasteiger partial charge in [0.15, 0.2) is 0 Å². The van der Waals surface area contributed by atoms with Crippen LogP contribution in [0.2, 0.25) is 0 Å². The Morgan fingerprint density at radius 2 is 2.06 bits per heavy atom. The highest BCUT2D eigenvalue weighted by Crippen LogP contribution is 2.24. The number of hydrogen-bond donors (Lipinski definition) is 1. The van der Waals surface area contributed by atoms with Crippen LogP contribution in [0.25, 0.3) is 0 Å². The third kappa shape index (κ3) is 2.40. The van der Waals surface area contributed by atoms with Gasteiger partial charge in [-0.2, -0.15) is 0 Å². The van der Waals surface area contributed by atoms with Gasteiger partial charge in [-0.3, -0.25) is 4.79 Å². The summed E-state index contributed by atoms with van der Waals surface area (Å²) in [7, 11) is 1.61. The molecule has 1 heterocycles. The summed E-state index contributed by atoms with van der Waals surface area (Å²) in [5.74, 6) is 0.817. The topological polar surface area (TPSA) is 53.0 Å². The molecule has 0 spiro atoms. The third-order valence-electron chi connectivity index (χ3n) is 2.78. The zero-order chi connectivity index (χ0) is 12.3. The lowest BCUT2D eigenvalue weighted by Gasteiger charge is -2.27. The molecule has 92 valence electrons. The monoisotopic (exact) mass is 236 g/mol. The minimum absolute atomic E-state index is 0.0416. The molecule has 1 N–H and O–H groups in total.